The van der Waals surface area contributed by atoms with Crippen LogP contribution in [-0.4, -0.2) is 12.3 Å². The molecule has 0 spiro atoms. The number of alkyl halides is 3. The molecule has 0 aliphatic carbocycles. The van der Waals surface area contributed by atoms with Crippen LogP contribution in [0.2, 0.25) is 0 Å². The Morgan fingerprint density at radius 3 is 2.52 bits per heavy atom. The van der Waals surface area contributed by atoms with Crippen molar-refractivity contribution in [1.82, 2.24) is 10.5 Å². The summed E-state index contributed by atoms with van der Waals surface area (Å²) >= 11 is 0. The van der Waals surface area contributed by atoms with Gasteiger partial charge in [-0.15, -0.1) is 0 Å². The molecule has 114 valence electrons. The maximum Gasteiger partial charge on any atom is 0.416 e. The minimum absolute atomic E-state index is 0.353. The Labute approximate surface area is 119 Å². The van der Waals surface area contributed by atoms with Crippen LogP contribution in [-0.2, 0) is 30.6 Å². The molecule has 4 nitrogen and oxygen atoms in total. The third-order valence-electron chi connectivity index (χ3n) is 2.81. The minimum atomic E-state index is -4.30. The van der Waals surface area contributed by atoms with Gasteiger partial charge >= 0.3 is 6.18 Å². The van der Waals surface area contributed by atoms with Gasteiger partial charge < -0.3 is 14.6 Å². The predicted octanol–water partition coefficient (Wildman–Crippen LogP) is 3.13. The summed E-state index contributed by atoms with van der Waals surface area (Å²) in [6.45, 7) is 1.27. The predicted molar refractivity (Wildman–Crippen MR) is 69.2 cm³/mol. The normalized spacial score (nSPS) is 11.8. The lowest BCUT2D eigenvalue weighted by molar-refractivity contribution is -0.137. The van der Waals surface area contributed by atoms with Gasteiger partial charge in [-0.05, 0) is 17.7 Å². The van der Waals surface area contributed by atoms with Crippen molar-refractivity contribution in [3.63, 3.8) is 0 Å². The fourth-order valence-corrected chi connectivity index (χ4v) is 1.80. The van der Waals surface area contributed by atoms with Crippen molar-refractivity contribution in [2.75, 3.05) is 7.11 Å². The molecule has 21 heavy (non-hydrogen) atoms. The van der Waals surface area contributed by atoms with E-state index in [4.69, 9.17) is 9.26 Å². The van der Waals surface area contributed by atoms with Gasteiger partial charge in [0.1, 0.15) is 6.61 Å². The van der Waals surface area contributed by atoms with Crippen LogP contribution in [0.3, 0.4) is 0 Å². The second-order valence-corrected chi connectivity index (χ2v) is 4.52. The molecule has 0 radical (unpaired) electrons. The summed E-state index contributed by atoms with van der Waals surface area (Å²) in [7, 11) is 1.56. The van der Waals surface area contributed by atoms with Gasteiger partial charge in [-0.1, -0.05) is 17.3 Å². The Hall–Kier alpha value is -1.86. The lowest BCUT2D eigenvalue weighted by Gasteiger charge is -2.07. The highest BCUT2D eigenvalue weighted by atomic mass is 19.4. The van der Waals surface area contributed by atoms with Crippen molar-refractivity contribution < 1.29 is 22.4 Å². The van der Waals surface area contributed by atoms with E-state index in [2.05, 4.69) is 10.5 Å². The first-order valence-electron chi connectivity index (χ1n) is 6.29. The van der Waals surface area contributed by atoms with Crippen LogP contribution in [0, 0.1) is 0 Å². The average molecular weight is 300 g/mol. The number of methoxy groups -OCH3 is 1. The molecule has 0 atom stereocenters. The number of ether oxygens (including phenoxy) is 1. The number of aromatic nitrogens is 1. The summed E-state index contributed by atoms with van der Waals surface area (Å²) in [6, 6.07) is 6.82. The molecule has 0 fully saturated rings. The standard InChI is InChI=1S/C14H15F3N2O2/c1-20-9-13-6-12(19-21-13)8-18-7-10-2-4-11(5-3-10)14(15,16)17/h2-6,18H,7-9H2,1H3. The smallest absolute Gasteiger partial charge is 0.377 e. The van der Waals surface area contributed by atoms with E-state index in [0.29, 0.717) is 31.2 Å². The molecule has 1 N–H and O–H groups in total. The van der Waals surface area contributed by atoms with E-state index in [9.17, 15) is 13.2 Å². The lowest BCUT2D eigenvalue weighted by atomic mass is 10.1. The van der Waals surface area contributed by atoms with Gasteiger partial charge in [-0.3, -0.25) is 0 Å². The van der Waals surface area contributed by atoms with E-state index in [1.807, 2.05) is 0 Å². The number of halogens is 3. The lowest BCUT2D eigenvalue weighted by Crippen LogP contribution is -2.13. The number of hydrogen-bond donors (Lipinski definition) is 1. The monoisotopic (exact) mass is 300 g/mol. The maximum atomic E-state index is 12.4. The zero-order valence-corrected chi connectivity index (χ0v) is 11.4. The van der Waals surface area contributed by atoms with Crippen LogP contribution in [0.15, 0.2) is 34.9 Å². The van der Waals surface area contributed by atoms with E-state index in [1.54, 1.807) is 13.2 Å². The van der Waals surface area contributed by atoms with Crippen molar-refractivity contribution >= 4 is 0 Å². The number of hydrogen-bond acceptors (Lipinski definition) is 4. The Kier molecular flexibility index (Phi) is 4.98. The largest absolute Gasteiger partial charge is 0.416 e. The van der Waals surface area contributed by atoms with E-state index < -0.39 is 11.7 Å². The van der Waals surface area contributed by atoms with Crippen molar-refractivity contribution in [1.29, 1.82) is 0 Å². The van der Waals surface area contributed by atoms with Gasteiger partial charge in [0.15, 0.2) is 5.76 Å². The van der Waals surface area contributed by atoms with E-state index in [-0.39, 0.29) is 0 Å². The molecule has 0 unspecified atom stereocenters. The van der Waals surface area contributed by atoms with Crippen LogP contribution in [0.25, 0.3) is 0 Å². The van der Waals surface area contributed by atoms with Crippen molar-refractivity contribution in [3.8, 4) is 0 Å². The van der Waals surface area contributed by atoms with Gasteiger partial charge in [-0.2, -0.15) is 13.2 Å². The quantitative estimate of drug-likeness (QED) is 0.890. The van der Waals surface area contributed by atoms with E-state index >= 15 is 0 Å². The first kappa shape index (κ1) is 15.5. The molecule has 0 aliphatic heterocycles. The van der Waals surface area contributed by atoms with Gasteiger partial charge in [0, 0.05) is 26.3 Å². The fourth-order valence-electron chi connectivity index (χ4n) is 1.80. The molecule has 7 heteroatoms. The molecular formula is C14H15F3N2O2. The highest BCUT2D eigenvalue weighted by molar-refractivity contribution is 5.24. The number of nitrogens with one attached hydrogen (secondary N) is 1. The molecule has 1 heterocycles. The third kappa shape index (κ3) is 4.57. The molecule has 1 aromatic carbocycles. The molecular weight excluding hydrogens is 285 g/mol. The molecule has 2 rings (SSSR count). The molecule has 0 aliphatic rings. The molecule has 2 aromatic rings. The Morgan fingerprint density at radius 2 is 1.90 bits per heavy atom. The Balaban J connectivity index is 1.82. The Bertz CT molecular complexity index is 564. The van der Waals surface area contributed by atoms with Crippen molar-refractivity contribution in [2.24, 2.45) is 0 Å². The summed E-state index contributed by atoms with van der Waals surface area (Å²) in [6.07, 6.45) is -4.30. The Morgan fingerprint density at radius 1 is 1.19 bits per heavy atom. The topological polar surface area (TPSA) is 47.3 Å². The van der Waals surface area contributed by atoms with Gasteiger partial charge in [-0.25, -0.2) is 0 Å². The SMILES string of the molecule is COCc1cc(CNCc2ccc(C(F)(F)F)cc2)no1. The van der Waals surface area contributed by atoms with Gasteiger partial charge in [0.25, 0.3) is 0 Å². The number of benzene rings is 1. The molecule has 1 aromatic heterocycles. The zero-order chi connectivity index (χ0) is 15.3. The van der Waals surface area contributed by atoms with Gasteiger partial charge in [0.05, 0.1) is 11.3 Å². The molecule has 0 saturated heterocycles. The van der Waals surface area contributed by atoms with E-state index in [1.165, 1.54) is 12.1 Å². The summed E-state index contributed by atoms with van der Waals surface area (Å²) in [4.78, 5) is 0. The van der Waals surface area contributed by atoms with Crippen LogP contribution >= 0.6 is 0 Å². The van der Waals surface area contributed by atoms with Crippen molar-refractivity contribution in [3.05, 3.63) is 52.9 Å². The third-order valence-corrected chi connectivity index (χ3v) is 2.81. The second-order valence-electron chi connectivity index (χ2n) is 4.52. The fraction of sp³-hybridized carbons (Fsp3) is 0.357. The summed E-state index contributed by atoms with van der Waals surface area (Å²) in [5.41, 5.74) is 0.838. The zero-order valence-electron chi connectivity index (χ0n) is 11.4. The minimum Gasteiger partial charge on any atom is -0.377 e. The molecule has 0 amide bonds. The number of rotatable bonds is 6. The summed E-state index contributed by atoms with van der Waals surface area (Å²) in [5.74, 6) is 0.629. The first-order chi connectivity index (χ1) is 9.99. The highest BCUT2D eigenvalue weighted by Crippen LogP contribution is 2.29. The van der Waals surface area contributed by atoms with Crippen molar-refractivity contribution in [2.45, 2.75) is 25.9 Å². The molecule has 0 bridgehead atoms. The highest BCUT2D eigenvalue weighted by Gasteiger charge is 2.29. The maximum absolute atomic E-state index is 12.4. The summed E-state index contributed by atoms with van der Waals surface area (Å²) < 4.78 is 47.2. The van der Waals surface area contributed by atoms with Crippen LogP contribution in [0.5, 0.6) is 0 Å². The second kappa shape index (κ2) is 6.73. The average Bonchev–Trinajstić information content (AvgIpc) is 2.86. The first-order valence-corrected chi connectivity index (χ1v) is 6.29. The van der Waals surface area contributed by atoms with Crippen LogP contribution in [0.4, 0.5) is 13.2 Å². The molecule has 0 saturated carbocycles. The van der Waals surface area contributed by atoms with Gasteiger partial charge in [0.2, 0.25) is 0 Å². The number of nitrogens with zero attached hydrogens (tertiary/aromatic N) is 1. The van der Waals surface area contributed by atoms with Crippen LogP contribution in [0.1, 0.15) is 22.6 Å². The summed E-state index contributed by atoms with van der Waals surface area (Å²) in [5, 5.41) is 6.93. The van der Waals surface area contributed by atoms with Crippen LogP contribution < -0.4 is 5.32 Å². The van der Waals surface area contributed by atoms with E-state index in [0.717, 1.165) is 17.7 Å².